The van der Waals surface area contributed by atoms with Crippen LogP contribution in [-0.4, -0.2) is 36.0 Å². The van der Waals surface area contributed by atoms with Gasteiger partial charge in [0.2, 0.25) is 5.91 Å². The summed E-state index contributed by atoms with van der Waals surface area (Å²) in [6, 6.07) is 0.0243. The summed E-state index contributed by atoms with van der Waals surface area (Å²) in [5.41, 5.74) is 0. The maximum atomic E-state index is 12.3. The molecule has 0 spiro atoms. The van der Waals surface area contributed by atoms with Crippen molar-refractivity contribution in [3.05, 3.63) is 0 Å². The van der Waals surface area contributed by atoms with Gasteiger partial charge < -0.3 is 10.6 Å². The molecule has 2 aliphatic rings. The van der Waals surface area contributed by atoms with Gasteiger partial charge in [0.15, 0.2) is 0 Å². The van der Waals surface area contributed by atoms with Gasteiger partial charge in [-0.3, -0.25) is 4.79 Å². The Balaban J connectivity index is 1.84. The van der Waals surface area contributed by atoms with Crippen molar-refractivity contribution in [2.24, 2.45) is 5.92 Å². The van der Waals surface area contributed by atoms with E-state index in [1.165, 1.54) is 44.9 Å². The molecule has 4 heteroatoms. The molecule has 0 bridgehead atoms. The van der Waals surface area contributed by atoms with E-state index in [0.29, 0.717) is 10.7 Å². The van der Waals surface area contributed by atoms with E-state index in [1.807, 2.05) is 11.8 Å². The van der Waals surface area contributed by atoms with E-state index in [9.17, 15) is 4.79 Å². The zero-order chi connectivity index (χ0) is 13.7. The normalized spacial score (nSPS) is 30.8. The summed E-state index contributed by atoms with van der Waals surface area (Å²) in [5.74, 6) is 0.677. The molecule has 1 aliphatic heterocycles. The number of thioether (sulfide) groups is 1. The van der Waals surface area contributed by atoms with Crippen molar-refractivity contribution in [2.45, 2.75) is 62.7 Å². The fourth-order valence-corrected chi connectivity index (χ4v) is 4.32. The van der Waals surface area contributed by atoms with E-state index in [4.69, 9.17) is 0 Å². The Labute approximate surface area is 121 Å². The third-order valence-electron chi connectivity index (χ3n) is 4.83. The molecule has 1 saturated carbocycles. The Kier molecular flexibility index (Phi) is 5.58. The number of piperidine rings is 1. The van der Waals surface area contributed by atoms with Crippen molar-refractivity contribution >= 4 is 17.7 Å². The molecule has 2 unspecified atom stereocenters. The van der Waals surface area contributed by atoms with Crippen molar-refractivity contribution in [2.75, 3.05) is 19.3 Å². The van der Waals surface area contributed by atoms with Gasteiger partial charge in [0.05, 0.1) is 6.04 Å². The van der Waals surface area contributed by atoms with Gasteiger partial charge in [0.1, 0.15) is 0 Å². The van der Waals surface area contributed by atoms with Gasteiger partial charge >= 0.3 is 0 Å². The molecule has 0 aromatic rings. The Bertz CT molecular complexity index is 303. The zero-order valence-electron chi connectivity index (χ0n) is 12.3. The van der Waals surface area contributed by atoms with Gasteiger partial charge in [-0.1, -0.05) is 26.2 Å². The predicted molar refractivity (Wildman–Crippen MR) is 82.5 cm³/mol. The molecular weight excluding hydrogens is 256 g/mol. The number of carbonyl (C=O) groups is 1. The van der Waals surface area contributed by atoms with Crippen molar-refractivity contribution in [3.8, 4) is 0 Å². The number of nitrogens with one attached hydrogen (secondary N) is 2. The first-order valence-corrected chi connectivity index (χ1v) is 8.96. The lowest BCUT2D eigenvalue weighted by molar-refractivity contribution is -0.125. The quantitative estimate of drug-likeness (QED) is 0.833. The monoisotopic (exact) mass is 284 g/mol. The Morgan fingerprint density at radius 1 is 1.32 bits per heavy atom. The highest BCUT2D eigenvalue weighted by Gasteiger charge is 2.33. The van der Waals surface area contributed by atoms with E-state index in [-0.39, 0.29) is 11.9 Å². The second-order valence-corrected chi connectivity index (χ2v) is 7.49. The number of hydrogen-bond donors (Lipinski definition) is 2. The fourth-order valence-electron chi connectivity index (χ4n) is 3.41. The molecule has 2 rings (SSSR count). The third-order valence-corrected chi connectivity index (χ3v) is 6.25. The molecule has 0 radical (unpaired) electrons. The van der Waals surface area contributed by atoms with E-state index < -0.39 is 0 Å². The van der Waals surface area contributed by atoms with Crippen LogP contribution in [0, 0.1) is 5.92 Å². The Morgan fingerprint density at radius 2 is 2.05 bits per heavy atom. The molecule has 2 N–H and O–H groups in total. The molecule has 1 aliphatic carbocycles. The lowest BCUT2D eigenvalue weighted by atomic mass is 9.87. The summed E-state index contributed by atoms with van der Waals surface area (Å²) in [5, 5.41) is 6.59. The summed E-state index contributed by atoms with van der Waals surface area (Å²) in [6.45, 7) is 4.01. The maximum Gasteiger partial charge on any atom is 0.237 e. The number of rotatable bonds is 4. The van der Waals surface area contributed by atoms with Crippen LogP contribution in [0.4, 0.5) is 0 Å². The lowest BCUT2D eigenvalue weighted by Gasteiger charge is -2.37. The topological polar surface area (TPSA) is 41.1 Å². The number of amides is 1. The summed E-state index contributed by atoms with van der Waals surface area (Å²) < 4.78 is 0.297. The van der Waals surface area contributed by atoms with Crippen LogP contribution in [-0.2, 0) is 4.79 Å². The third kappa shape index (κ3) is 3.88. The first-order chi connectivity index (χ1) is 9.17. The van der Waals surface area contributed by atoms with Crippen LogP contribution in [0.3, 0.4) is 0 Å². The summed E-state index contributed by atoms with van der Waals surface area (Å²) >= 11 is 1.95. The fraction of sp³-hybridized carbons (Fsp3) is 0.933. The molecule has 0 aromatic carbocycles. The van der Waals surface area contributed by atoms with Crippen molar-refractivity contribution < 1.29 is 4.79 Å². The van der Waals surface area contributed by atoms with E-state index in [1.54, 1.807) is 0 Å². The van der Waals surface area contributed by atoms with Crippen molar-refractivity contribution in [1.82, 2.24) is 10.6 Å². The van der Waals surface area contributed by atoms with Crippen LogP contribution in [0.1, 0.15) is 51.9 Å². The standard InChI is InChI=1S/C15H28N2OS/c1-12-7-6-10-16-13(12)14(18)17-11-15(19-2)8-4-3-5-9-15/h12-13,16H,3-11H2,1-2H3,(H,17,18). The average molecular weight is 284 g/mol. The van der Waals surface area contributed by atoms with E-state index in [0.717, 1.165) is 13.1 Å². The Hall–Kier alpha value is -0.220. The van der Waals surface area contributed by atoms with Crippen LogP contribution < -0.4 is 10.6 Å². The molecule has 1 heterocycles. The minimum atomic E-state index is 0.0243. The summed E-state index contributed by atoms with van der Waals surface area (Å²) in [4.78, 5) is 12.3. The number of hydrogen-bond acceptors (Lipinski definition) is 3. The zero-order valence-corrected chi connectivity index (χ0v) is 13.2. The second-order valence-electron chi connectivity index (χ2n) is 6.22. The SMILES string of the molecule is CSC1(CNC(=O)C2NCCCC2C)CCCCC1. The molecule has 19 heavy (non-hydrogen) atoms. The van der Waals surface area contributed by atoms with Crippen LogP contribution in [0.5, 0.6) is 0 Å². The number of carbonyl (C=O) groups excluding carboxylic acids is 1. The van der Waals surface area contributed by atoms with Crippen LogP contribution in [0.15, 0.2) is 0 Å². The minimum Gasteiger partial charge on any atom is -0.353 e. The molecule has 3 nitrogen and oxygen atoms in total. The van der Waals surface area contributed by atoms with Gasteiger partial charge in [0.25, 0.3) is 0 Å². The van der Waals surface area contributed by atoms with E-state index >= 15 is 0 Å². The Morgan fingerprint density at radius 3 is 2.68 bits per heavy atom. The molecule has 2 atom stereocenters. The minimum absolute atomic E-state index is 0.0243. The highest BCUT2D eigenvalue weighted by molar-refractivity contribution is 8.00. The smallest absolute Gasteiger partial charge is 0.237 e. The second kappa shape index (κ2) is 6.98. The first-order valence-electron chi connectivity index (χ1n) is 7.73. The van der Waals surface area contributed by atoms with Crippen LogP contribution in [0.25, 0.3) is 0 Å². The van der Waals surface area contributed by atoms with Gasteiger partial charge in [0, 0.05) is 11.3 Å². The van der Waals surface area contributed by atoms with Crippen molar-refractivity contribution in [3.63, 3.8) is 0 Å². The van der Waals surface area contributed by atoms with Gasteiger partial charge in [-0.2, -0.15) is 11.8 Å². The van der Waals surface area contributed by atoms with E-state index in [2.05, 4.69) is 23.8 Å². The molecule has 2 fully saturated rings. The highest BCUT2D eigenvalue weighted by Crippen LogP contribution is 2.38. The molecule has 1 amide bonds. The van der Waals surface area contributed by atoms with Crippen molar-refractivity contribution in [1.29, 1.82) is 0 Å². The van der Waals surface area contributed by atoms with Crippen LogP contribution >= 0.6 is 11.8 Å². The summed E-state index contributed by atoms with van der Waals surface area (Å²) in [6.07, 6.45) is 11.0. The highest BCUT2D eigenvalue weighted by atomic mass is 32.2. The largest absolute Gasteiger partial charge is 0.353 e. The van der Waals surface area contributed by atoms with Gasteiger partial charge in [-0.05, 0) is 44.4 Å². The molecule has 1 saturated heterocycles. The maximum absolute atomic E-state index is 12.3. The molecule has 110 valence electrons. The average Bonchev–Trinajstić information content (AvgIpc) is 2.46. The van der Waals surface area contributed by atoms with Gasteiger partial charge in [-0.25, -0.2) is 0 Å². The molecular formula is C15H28N2OS. The van der Waals surface area contributed by atoms with Crippen LogP contribution in [0.2, 0.25) is 0 Å². The predicted octanol–water partition coefficient (Wildman–Crippen LogP) is 2.56. The molecule has 0 aromatic heterocycles. The van der Waals surface area contributed by atoms with Gasteiger partial charge in [-0.15, -0.1) is 0 Å². The summed E-state index contributed by atoms with van der Waals surface area (Å²) in [7, 11) is 0. The lowest BCUT2D eigenvalue weighted by Crippen LogP contribution is -2.53. The first kappa shape index (κ1) is 15.2.